The maximum atomic E-state index is 9.40. The SMILES string of the molecule is CCC1CN(C)CCCN1CCCCC(C)(CO)NC. The van der Waals surface area contributed by atoms with E-state index in [0.717, 1.165) is 12.5 Å². The summed E-state index contributed by atoms with van der Waals surface area (Å²) in [5.74, 6) is 0. The molecule has 1 aliphatic rings. The molecule has 0 saturated carbocycles. The van der Waals surface area contributed by atoms with Crippen molar-refractivity contribution in [3.63, 3.8) is 0 Å². The fourth-order valence-electron chi connectivity index (χ4n) is 3.09. The lowest BCUT2D eigenvalue weighted by molar-refractivity contribution is 0.159. The van der Waals surface area contributed by atoms with E-state index >= 15 is 0 Å². The second-order valence-electron chi connectivity index (χ2n) is 6.64. The van der Waals surface area contributed by atoms with Gasteiger partial charge in [0.1, 0.15) is 0 Å². The summed E-state index contributed by atoms with van der Waals surface area (Å²) in [4.78, 5) is 5.15. The minimum atomic E-state index is -0.108. The summed E-state index contributed by atoms with van der Waals surface area (Å²) in [5.41, 5.74) is -0.108. The zero-order valence-electron chi connectivity index (χ0n) is 14.0. The van der Waals surface area contributed by atoms with Crippen LogP contribution >= 0.6 is 0 Å². The molecule has 1 fully saturated rings. The topological polar surface area (TPSA) is 38.7 Å². The Morgan fingerprint density at radius 1 is 1.30 bits per heavy atom. The van der Waals surface area contributed by atoms with Crippen molar-refractivity contribution in [2.24, 2.45) is 0 Å². The summed E-state index contributed by atoms with van der Waals surface area (Å²) in [6, 6.07) is 0.719. The molecule has 2 atom stereocenters. The minimum absolute atomic E-state index is 0.108. The average Bonchev–Trinajstić information content (AvgIpc) is 2.64. The van der Waals surface area contributed by atoms with E-state index in [0.29, 0.717) is 0 Å². The first-order valence-corrected chi connectivity index (χ1v) is 8.27. The Bertz CT molecular complexity index is 256. The van der Waals surface area contributed by atoms with Gasteiger partial charge in [-0.1, -0.05) is 13.3 Å². The molecule has 1 heterocycles. The molecular weight excluding hydrogens is 250 g/mol. The van der Waals surface area contributed by atoms with E-state index in [1.165, 1.54) is 51.9 Å². The summed E-state index contributed by atoms with van der Waals surface area (Å²) in [6.45, 7) is 9.51. The van der Waals surface area contributed by atoms with Crippen LogP contribution in [-0.2, 0) is 0 Å². The van der Waals surface area contributed by atoms with Crippen LogP contribution < -0.4 is 5.32 Å². The normalized spacial score (nSPS) is 25.4. The van der Waals surface area contributed by atoms with Crippen LogP contribution in [0.5, 0.6) is 0 Å². The molecule has 4 nitrogen and oxygen atoms in total. The van der Waals surface area contributed by atoms with Gasteiger partial charge in [0, 0.05) is 18.1 Å². The Kier molecular flexibility index (Phi) is 8.03. The average molecular weight is 285 g/mol. The van der Waals surface area contributed by atoms with Crippen molar-refractivity contribution in [1.82, 2.24) is 15.1 Å². The van der Waals surface area contributed by atoms with Crippen molar-refractivity contribution >= 4 is 0 Å². The maximum Gasteiger partial charge on any atom is 0.0610 e. The summed E-state index contributed by atoms with van der Waals surface area (Å²) in [5, 5.41) is 12.6. The number of aliphatic hydroxyl groups is 1. The standard InChI is InChI=1S/C16H35N3O/c1-5-15-13-18(4)10-8-12-19(15)11-7-6-9-16(2,14-20)17-3/h15,17,20H,5-14H2,1-4H3. The number of likely N-dealkylation sites (N-methyl/N-ethyl adjacent to an activating group) is 2. The molecule has 0 radical (unpaired) electrons. The molecule has 1 saturated heterocycles. The van der Waals surface area contributed by atoms with E-state index in [1.54, 1.807) is 0 Å². The van der Waals surface area contributed by atoms with Gasteiger partial charge in [-0.2, -0.15) is 0 Å². The van der Waals surface area contributed by atoms with Crippen LogP contribution in [0.1, 0.15) is 46.0 Å². The maximum absolute atomic E-state index is 9.40. The molecular formula is C16H35N3O. The first-order valence-electron chi connectivity index (χ1n) is 8.27. The van der Waals surface area contributed by atoms with Gasteiger partial charge in [0.05, 0.1) is 6.61 Å². The Hall–Kier alpha value is -0.160. The Balaban J connectivity index is 2.32. The van der Waals surface area contributed by atoms with E-state index in [1.807, 2.05) is 7.05 Å². The minimum Gasteiger partial charge on any atom is -0.394 e. The van der Waals surface area contributed by atoms with Crippen LogP contribution in [0.4, 0.5) is 0 Å². The number of hydrogen-bond acceptors (Lipinski definition) is 4. The van der Waals surface area contributed by atoms with Crippen LogP contribution in [0, 0.1) is 0 Å². The molecule has 1 aliphatic heterocycles. The third-order valence-corrected chi connectivity index (χ3v) is 4.87. The molecule has 1 rings (SSSR count). The van der Waals surface area contributed by atoms with Gasteiger partial charge >= 0.3 is 0 Å². The van der Waals surface area contributed by atoms with Gasteiger partial charge < -0.3 is 15.3 Å². The quantitative estimate of drug-likeness (QED) is 0.664. The molecule has 2 N–H and O–H groups in total. The lowest BCUT2D eigenvalue weighted by Crippen LogP contribution is -2.43. The van der Waals surface area contributed by atoms with Crippen LogP contribution in [0.25, 0.3) is 0 Å². The molecule has 2 unspecified atom stereocenters. The third-order valence-electron chi connectivity index (χ3n) is 4.87. The lowest BCUT2D eigenvalue weighted by Gasteiger charge is -2.31. The Labute approximate surface area is 125 Å². The number of nitrogens with zero attached hydrogens (tertiary/aromatic N) is 2. The fourth-order valence-corrected chi connectivity index (χ4v) is 3.09. The predicted octanol–water partition coefficient (Wildman–Crippen LogP) is 1.54. The smallest absolute Gasteiger partial charge is 0.0610 e. The van der Waals surface area contributed by atoms with Crippen LogP contribution in [0.3, 0.4) is 0 Å². The lowest BCUT2D eigenvalue weighted by atomic mass is 9.96. The van der Waals surface area contributed by atoms with Crippen molar-refractivity contribution in [3.05, 3.63) is 0 Å². The zero-order chi connectivity index (χ0) is 15.0. The molecule has 0 aromatic heterocycles. The van der Waals surface area contributed by atoms with Crippen molar-refractivity contribution in [2.45, 2.75) is 57.5 Å². The second-order valence-corrected chi connectivity index (χ2v) is 6.64. The molecule has 0 aliphatic carbocycles. The predicted molar refractivity (Wildman–Crippen MR) is 86.2 cm³/mol. The zero-order valence-corrected chi connectivity index (χ0v) is 14.0. The van der Waals surface area contributed by atoms with Gasteiger partial charge in [-0.15, -0.1) is 0 Å². The number of hydrogen-bond donors (Lipinski definition) is 2. The van der Waals surface area contributed by atoms with Gasteiger partial charge in [0.15, 0.2) is 0 Å². The van der Waals surface area contributed by atoms with Gasteiger partial charge in [0.2, 0.25) is 0 Å². The van der Waals surface area contributed by atoms with Crippen LogP contribution in [0.2, 0.25) is 0 Å². The highest BCUT2D eigenvalue weighted by atomic mass is 16.3. The number of rotatable bonds is 8. The molecule has 0 amide bonds. The summed E-state index contributed by atoms with van der Waals surface area (Å²) < 4.78 is 0. The van der Waals surface area contributed by atoms with Gasteiger partial charge in [0.25, 0.3) is 0 Å². The summed E-state index contributed by atoms with van der Waals surface area (Å²) >= 11 is 0. The molecule has 0 bridgehead atoms. The van der Waals surface area contributed by atoms with Crippen molar-refractivity contribution in [1.29, 1.82) is 0 Å². The van der Waals surface area contributed by atoms with Crippen molar-refractivity contribution < 1.29 is 5.11 Å². The van der Waals surface area contributed by atoms with Crippen LogP contribution in [0.15, 0.2) is 0 Å². The summed E-state index contributed by atoms with van der Waals surface area (Å²) in [7, 11) is 4.18. The number of aliphatic hydroxyl groups excluding tert-OH is 1. The first-order chi connectivity index (χ1) is 9.54. The molecule has 4 heteroatoms. The van der Waals surface area contributed by atoms with Crippen molar-refractivity contribution in [2.75, 3.05) is 46.9 Å². The highest BCUT2D eigenvalue weighted by Crippen LogP contribution is 2.16. The number of nitrogens with one attached hydrogen (secondary N) is 1. The molecule has 0 aromatic rings. The number of unbranched alkanes of at least 4 members (excludes halogenated alkanes) is 1. The Morgan fingerprint density at radius 2 is 2.05 bits per heavy atom. The Morgan fingerprint density at radius 3 is 2.65 bits per heavy atom. The summed E-state index contributed by atoms with van der Waals surface area (Å²) in [6.07, 6.45) is 6.00. The van der Waals surface area contributed by atoms with E-state index in [2.05, 4.69) is 36.0 Å². The van der Waals surface area contributed by atoms with Crippen LogP contribution in [-0.4, -0.2) is 73.4 Å². The molecule has 120 valence electrons. The molecule has 0 spiro atoms. The van der Waals surface area contributed by atoms with Gasteiger partial charge in [-0.05, 0) is 66.3 Å². The van der Waals surface area contributed by atoms with Gasteiger partial charge in [-0.3, -0.25) is 4.90 Å². The van der Waals surface area contributed by atoms with E-state index in [9.17, 15) is 5.11 Å². The second kappa shape index (κ2) is 8.98. The van der Waals surface area contributed by atoms with E-state index in [4.69, 9.17) is 0 Å². The molecule has 20 heavy (non-hydrogen) atoms. The van der Waals surface area contributed by atoms with E-state index < -0.39 is 0 Å². The first kappa shape index (κ1) is 17.9. The van der Waals surface area contributed by atoms with Gasteiger partial charge in [-0.25, -0.2) is 0 Å². The third kappa shape index (κ3) is 5.68. The highest BCUT2D eigenvalue weighted by molar-refractivity contribution is 4.81. The largest absolute Gasteiger partial charge is 0.394 e. The monoisotopic (exact) mass is 285 g/mol. The van der Waals surface area contributed by atoms with Crippen molar-refractivity contribution in [3.8, 4) is 0 Å². The van der Waals surface area contributed by atoms with E-state index in [-0.39, 0.29) is 12.1 Å². The molecule has 0 aromatic carbocycles. The highest BCUT2D eigenvalue weighted by Gasteiger charge is 2.23. The fraction of sp³-hybridized carbons (Fsp3) is 1.00.